The maximum atomic E-state index is 11.7. The van der Waals surface area contributed by atoms with Gasteiger partial charge in [-0.05, 0) is 42.5 Å². The highest BCUT2D eigenvalue weighted by Crippen LogP contribution is 2.27. The molecule has 7 heteroatoms. The summed E-state index contributed by atoms with van der Waals surface area (Å²) in [5.41, 5.74) is 0. The molecule has 2 aromatic carbocycles. The minimum atomic E-state index is -0.180. The van der Waals surface area contributed by atoms with E-state index in [1.807, 2.05) is 30.3 Å². The number of ether oxygens (including phenoxy) is 1. The lowest BCUT2D eigenvalue weighted by molar-refractivity contribution is -0.122. The molecule has 3 nitrogen and oxygen atoms in total. The second kappa shape index (κ2) is 9.42. The van der Waals surface area contributed by atoms with E-state index in [2.05, 4.69) is 21.2 Å². The average molecular weight is 435 g/mol. The Labute approximate surface area is 157 Å². The van der Waals surface area contributed by atoms with Crippen molar-refractivity contribution in [1.82, 2.24) is 5.32 Å². The van der Waals surface area contributed by atoms with E-state index in [-0.39, 0.29) is 12.5 Å². The van der Waals surface area contributed by atoms with E-state index in [9.17, 15) is 4.79 Å². The van der Waals surface area contributed by atoms with Crippen molar-refractivity contribution in [3.63, 3.8) is 0 Å². The minimum Gasteiger partial charge on any atom is -0.482 e. The lowest BCUT2D eigenvalue weighted by atomic mass is 10.3. The summed E-state index contributed by atoms with van der Waals surface area (Å²) in [4.78, 5) is 12.8. The van der Waals surface area contributed by atoms with Gasteiger partial charge in [0.15, 0.2) is 6.61 Å². The molecule has 0 heterocycles. The van der Waals surface area contributed by atoms with Crippen molar-refractivity contribution >= 4 is 56.8 Å². The molecule has 0 saturated carbocycles. The molecule has 0 aliphatic rings. The highest BCUT2D eigenvalue weighted by Gasteiger charge is 2.06. The van der Waals surface area contributed by atoms with Crippen LogP contribution in [0.25, 0.3) is 0 Å². The summed E-state index contributed by atoms with van der Waals surface area (Å²) in [5.74, 6) is 1.08. The van der Waals surface area contributed by atoms with Gasteiger partial charge in [0.05, 0.1) is 5.02 Å². The van der Waals surface area contributed by atoms with Gasteiger partial charge in [0, 0.05) is 26.7 Å². The predicted octanol–water partition coefficient (Wildman–Crippen LogP) is 5.04. The zero-order chi connectivity index (χ0) is 16.7. The van der Waals surface area contributed by atoms with Crippen LogP contribution in [0.3, 0.4) is 0 Å². The van der Waals surface area contributed by atoms with E-state index in [0.717, 1.165) is 15.1 Å². The molecule has 0 aromatic heterocycles. The fourth-order valence-corrected chi connectivity index (χ4v) is 3.30. The number of halogens is 3. The molecule has 0 saturated heterocycles. The number of carbonyl (C=O) groups is 1. The van der Waals surface area contributed by atoms with Crippen LogP contribution in [-0.2, 0) is 4.79 Å². The van der Waals surface area contributed by atoms with Crippen molar-refractivity contribution in [1.29, 1.82) is 0 Å². The summed E-state index contributed by atoms with van der Waals surface area (Å²) >= 11 is 16.8. The fraction of sp³-hybridized carbons (Fsp3) is 0.188. The monoisotopic (exact) mass is 433 g/mol. The molecular weight excluding hydrogens is 421 g/mol. The van der Waals surface area contributed by atoms with Crippen LogP contribution < -0.4 is 10.1 Å². The summed E-state index contributed by atoms with van der Waals surface area (Å²) in [5, 5.41) is 3.98. The Morgan fingerprint density at radius 2 is 1.91 bits per heavy atom. The standard InChI is InChI=1S/C16H14BrCl2NO2S/c17-11-1-6-15(14(19)9-11)22-10-16(21)20-7-8-23-13-4-2-12(18)3-5-13/h1-6,9H,7-8,10H2,(H,20,21). The van der Waals surface area contributed by atoms with Gasteiger partial charge in [-0.25, -0.2) is 0 Å². The first-order valence-corrected chi connectivity index (χ1v) is 9.31. The van der Waals surface area contributed by atoms with Crippen LogP contribution in [0.4, 0.5) is 0 Å². The number of hydrogen-bond acceptors (Lipinski definition) is 3. The molecule has 1 amide bonds. The third kappa shape index (κ3) is 6.63. The second-order valence-corrected chi connectivity index (χ2v) is 7.44. The van der Waals surface area contributed by atoms with Crippen LogP contribution in [0.15, 0.2) is 51.8 Å². The molecule has 0 atom stereocenters. The van der Waals surface area contributed by atoms with Crippen molar-refractivity contribution in [2.75, 3.05) is 18.9 Å². The Morgan fingerprint density at radius 3 is 2.61 bits per heavy atom. The first kappa shape index (κ1) is 18.5. The first-order chi connectivity index (χ1) is 11.0. The maximum absolute atomic E-state index is 11.7. The van der Waals surface area contributed by atoms with E-state index in [0.29, 0.717) is 22.3 Å². The lowest BCUT2D eigenvalue weighted by Crippen LogP contribution is -2.30. The number of hydrogen-bond donors (Lipinski definition) is 1. The third-order valence-electron chi connectivity index (χ3n) is 2.76. The fourth-order valence-electron chi connectivity index (χ4n) is 1.68. The Kier molecular flexibility index (Phi) is 7.56. The van der Waals surface area contributed by atoms with Crippen LogP contribution in [0.5, 0.6) is 5.75 Å². The van der Waals surface area contributed by atoms with Gasteiger partial charge in [-0.3, -0.25) is 4.79 Å². The SMILES string of the molecule is O=C(COc1ccc(Br)cc1Cl)NCCSc1ccc(Cl)cc1. The van der Waals surface area contributed by atoms with E-state index < -0.39 is 0 Å². The molecule has 0 radical (unpaired) electrons. The number of nitrogens with one attached hydrogen (secondary N) is 1. The number of rotatable bonds is 7. The zero-order valence-corrected chi connectivity index (χ0v) is 15.9. The lowest BCUT2D eigenvalue weighted by Gasteiger charge is -2.09. The molecule has 0 aliphatic heterocycles. The Balaban J connectivity index is 1.66. The Bertz CT molecular complexity index is 668. The number of amides is 1. The summed E-state index contributed by atoms with van der Waals surface area (Å²) in [6, 6.07) is 12.8. The molecule has 0 unspecified atom stereocenters. The van der Waals surface area contributed by atoms with Crippen LogP contribution in [0.1, 0.15) is 0 Å². The topological polar surface area (TPSA) is 38.3 Å². The van der Waals surface area contributed by atoms with Crippen molar-refractivity contribution < 1.29 is 9.53 Å². The van der Waals surface area contributed by atoms with Crippen molar-refractivity contribution in [3.8, 4) is 5.75 Å². The van der Waals surface area contributed by atoms with Crippen molar-refractivity contribution in [2.24, 2.45) is 0 Å². The van der Waals surface area contributed by atoms with E-state index in [4.69, 9.17) is 27.9 Å². The predicted molar refractivity (Wildman–Crippen MR) is 99.8 cm³/mol. The Morgan fingerprint density at radius 1 is 1.17 bits per heavy atom. The van der Waals surface area contributed by atoms with Gasteiger partial charge >= 0.3 is 0 Å². The van der Waals surface area contributed by atoms with Gasteiger partial charge in [-0.1, -0.05) is 39.1 Å². The van der Waals surface area contributed by atoms with Crippen LogP contribution in [0, 0.1) is 0 Å². The van der Waals surface area contributed by atoms with Crippen LogP contribution in [-0.4, -0.2) is 24.8 Å². The highest BCUT2D eigenvalue weighted by atomic mass is 79.9. The zero-order valence-electron chi connectivity index (χ0n) is 12.0. The quantitative estimate of drug-likeness (QED) is 0.489. The van der Waals surface area contributed by atoms with Gasteiger partial charge in [0.2, 0.25) is 0 Å². The largest absolute Gasteiger partial charge is 0.482 e. The molecule has 0 bridgehead atoms. The molecule has 1 N–H and O–H groups in total. The van der Waals surface area contributed by atoms with Crippen LogP contribution >= 0.6 is 50.9 Å². The normalized spacial score (nSPS) is 10.4. The molecule has 0 aliphatic carbocycles. The van der Waals surface area contributed by atoms with Gasteiger partial charge in [-0.15, -0.1) is 11.8 Å². The van der Waals surface area contributed by atoms with Crippen molar-refractivity contribution in [3.05, 3.63) is 57.0 Å². The molecule has 122 valence electrons. The maximum Gasteiger partial charge on any atom is 0.257 e. The number of carbonyl (C=O) groups excluding carboxylic acids is 1. The smallest absolute Gasteiger partial charge is 0.257 e. The summed E-state index contributed by atoms with van der Waals surface area (Å²) in [6.07, 6.45) is 0. The summed E-state index contributed by atoms with van der Waals surface area (Å²) < 4.78 is 6.26. The molecule has 23 heavy (non-hydrogen) atoms. The van der Waals surface area contributed by atoms with Gasteiger partial charge in [0.1, 0.15) is 5.75 Å². The molecule has 2 aromatic rings. The second-order valence-electron chi connectivity index (χ2n) is 4.52. The summed E-state index contributed by atoms with van der Waals surface area (Å²) in [6.45, 7) is 0.497. The van der Waals surface area contributed by atoms with Gasteiger partial charge < -0.3 is 10.1 Å². The number of benzene rings is 2. The third-order valence-corrected chi connectivity index (χ3v) is 4.81. The Hall–Kier alpha value is -0.880. The first-order valence-electron chi connectivity index (χ1n) is 6.77. The van der Waals surface area contributed by atoms with Crippen LogP contribution in [0.2, 0.25) is 10.0 Å². The summed E-state index contributed by atoms with van der Waals surface area (Å²) in [7, 11) is 0. The van der Waals surface area contributed by atoms with Gasteiger partial charge in [-0.2, -0.15) is 0 Å². The highest BCUT2D eigenvalue weighted by molar-refractivity contribution is 9.10. The average Bonchev–Trinajstić information content (AvgIpc) is 2.52. The molecule has 0 fully saturated rings. The molecule has 2 rings (SSSR count). The van der Waals surface area contributed by atoms with E-state index in [1.54, 1.807) is 23.9 Å². The van der Waals surface area contributed by atoms with Crippen molar-refractivity contribution in [2.45, 2.75) is 4.90 Å². The van der Waals surface area contributed by atoms with Gasteiger partial charge in [0.25, 0.3) is 5.91 Å². The minimum absolute atomic E-state index is 0.0625. The molecule has 0 spiro atoms. The molecular formula is C16H14BrCl2NO2S. The number of thioether (sulfide) groups is 1. The van der Waals surface area contributed by atoms with E-state index >= 15 is 0 Å². The van der Waals surface area contributed by atoms with E-state index in [1.165, 1.54) is 0 Å².